The van der Waals surface area contributed by atoms with Crippen molar-refractivity contribution in [2.75, 3.05) is 32.8 Å². The molecule has 3 rings (SSSR count). The molecule has 0 amide bonds. The van der Waals surface area contributed by atoms with Crippen molar-refractivity contribution in [3.8, 4) is 0 Å². The number of nitrogens with zero attached hydrogens (tertiary/aromatic N) is 1. The molecular formula is C22H29BrClNO3. The highest BCUT2D eigenvalue weighted by Crippen LogP contribution is 2.24. The highest BCUT2D eigenvalue weighted by Gasteiger charge is 2.24. The van der Waals surface area contributed by atoms with Crippen molar-refractivity contribution in [1.82, 2.24) is 4.90 Å². The van der Waals surface area contributed by atoms with Gasteiger partial charge in [-0.3, -0.25) is 4.90 Å². The summed E-state index contributed by atoms with van der Waals surface area (Å²) in [7, 11) is 0. The Morgan fingerprint density at radius 2 is 1.89 bits per heavy atom. The van der Waals surface area contributed by atoms with E-state index in [2.05, 4.69) is 52.0 Å². The molecule has 2 aromatic rings. The minimum Gasteiger partial charge on any atom is -0.389 e. The Kier molecular flexibility index (Phi) is 9.92. The SMILES string of the molecule is CCC(OCC(O)CN1CCOC(c2ccc(Br)cc2)C1)c1ccccc1.Cl. The number of halogens is 2. The van der Waals surface area contributed by atoms with Crippen LogP contribution >= 0.6 is 28.3 Å². The molecule has 2 aromatic carbocycles. The molecule has 154 valence electrons. The van der Waals surface area contributed by atoms with Crippen molar-refractivity contribution in [2.24, 2.45) is 0 Å². The van der Waals surface area contributed by atoms with Crippen LogP contribution in [0, 0.1) is 0 Å². The van der Waals surface area contributed by atoms with Gasteiger partial charge in [-0.2, -0.15) is 0 Å². The van der Waals surface area contributed by atoms with Crippen molar-refractivity contribution in [2.45, 2.75) is 31.7 Å². The minimum atomic E-state index is -0.508. The molecule has 1 fully saturated rings. The summed E-state index contributed by atoms with van der Waals surface area (Å²) in [6, 6.07) is 18.4. The average Bonchev–Trinajstić information content (AvgIpc) is 2.70. The Hall–Kier alpha value is -0.950. The summed E-state index contributed by atoms with van der Waals surface area (Å²) in [5, 5.41) is 10.5. The average molecular weight is 471 g/mol. The zero-order valence-electron chi connectivity index (χ0n) is 16.2. The molecule has 0 spiro atoms. The quantitative estimate of drug-likeness (QED) is 0.603. The Balaban J connectivity index is 0.00000280. The zero-order chi connectivity index (χ0) is 19.1. The Morgan fingerprint density at radius 1 is 1.18 bits per heavy atom. The van der Waals surface area contributed by atoms with E-state index in [9.17, 15) is 5.11 Å². The van der Waals surface area contributed by atoms with E-state index in [0.29, 0.717) is 19.8 Å². The lowest BCUT2D eigenvalue weighted by Gasteiger charge is -2.34. The van der Waals surface area contributed by atoms with Gasteiger partial charge in [0.1, 0.15) is 0 Å². The van der Waals surface area contributed by atoms with Gasteiger partial charge in [0.15, 0.2) is 0 Å². The molecule has 1 heterocycles. The van der Waals surface area contributed by atoms with Crippen LogP contribution in [0.1, 0.15) is 36.7 Å². The number of β-amino-alcohol motifs (C(OH)–C–C–N with tert-alkyl or cyclic N) is 1. The van der Waals surface area contributed by atoms with E-state index in [1.54, 1.807) is 0 Å². The van der Waals surface area contributed by atoms with Crippen molar-refractivity contribution >= 4 is 28.3 Å². The van der Waals surface area contributed by atoms with E-state index < -0.39 is 6.10 Å². The third-order valence-corrected chi connectivity index (χ3v) is 5.42. The molecule has 1 aliphatic heterocycles. The smallest absolute Gasteiger partial charge is 0.0952 e. The van der Waals surface area contributed by atoms with Crippen LogP contribution < -0.4 is 0 Å². The first-order valence-electron chi connectivity index (χ1n) is 9.59. The first kappa shape index (κ1) is 23.3. The van der Waals surface area contributed by atoms with Gasteiger partial charge in [0, 0.05) is 24.1 Å². The predicted octanol–water partition coefficient (Wildman–Crippen LogP) is 4.77. The van der Waals surface area contributed by atoms with Crippen molar-refractivity contribution in [3.63, 3.8) is 0 Å². The minimum absolute atomic E-state index is 0. The standard InChI is InChI=1S/C22H28BrNO3.ClH/c1-2-21(17-6-4-3-5-7-17)27-16-20(25)14-24-12-13-26-22(15-24)18-8-10-19(23)11-9-18;/h3-11,20-22,25H,2,12-16H2,1H3;1H. The third-order valence-electron chi connectivity index (χ3n) is 4.89. The van der Waals surface area contributed by atoms with Crippen LogP contribution in [-0.4, -0.2) is 49.0 Å². The number of morpholine rings is 1. The Morgan fingerprint density at radius 3 is 2.57 bits per heavy atom. The summed E-state index contributed by atoms with van der Waals surface area (Å²) in [5.41, 5.74) is 2.33. The van der Waals surface area contributed by atoms with E-state index in [-0.39, 0.29) is 24.6 Å². The Bertz CT molecular complexity index is 686. The molecule has 28 heavy (non-hydrogen) atoms. The van der Waals surface area contributed by atoms with E-state index in [4.69, 9.17) is 9.47 Å². The van der Waals surface area contributed by atoms with Crippen molar-refractivity contribution in [3.05, 3.63) is 70.2 Å². The van der Waals surface area contributed by atoms with E-state index in [0.717, 1.165) is 29.5 Å². The van der Waals surface area contributed by atoms with Crippen molar-refractivity contribution in [1.29, 1.82) is 0 Å². The zero-order valence-corrected chi connectivity index (χ0v) is 18.6. The van der Waals surface area contributed by atoms with Gasteiger partial charge < -0.3 is 14.6 Å². The molecule has 0 aromatic heterocycles. The molecule has 1 N–H and O–H groups in total. The normalized spacial score (nSPS) is 19.6. The van der Waals surface area contributed by atoms with Gasteiger partial charge in [-0.15, -0.1) is 12.4 Å². The first-order chi connectivity index (χ1) is 13.2. The topological polar surface area (TPSA) is 41.9 Å². The number of rotatable bonds is 8. The van der Waals surface area contributed by atoms with Crippen LogP contribution in [-0.2, 0) is 9.47 Å². The molecule has 4 nitrogen and oxygen atoms in total. The number of hydrogen-bond acceptors (Lipinski definition) is 4. The lowest BCUT2D eigenvalue weighted by atomic mass is 10.1. The summed E-state index contributed by atoms with van der Waals surface area (Å²) in [6.07, 6.45) is 0.458. The number of hydrogen-bond donors (Lipinski definition) is 1. The van der Waals surface area contributed by atoms with Gasteiger partial charge in [-0.25, -0.2) is 0 Å². The monoisotopic (exact) mass is 469 g/mol. The summed E-state index contributed by atoms with van der Waals surface area (Å²) < 4.78 is 13.0. The highest BCUT2D eigenvalue weighted by atomic mass is 79.9. The van der Waals surface area contributed by atoms with Crippen LogP contribution in [0.5, 0.6) is 0 Å². The molecule has 1 aliphatic rings. The second kappa shape index (κ2) is 11.9. The van der Waals surface area contributed by atoms with Crippen LogP contribution in [0.4, 0.5) is 0 Å². The molecule has 0 aliphatic carbocycles. The van der Waals surface area contributed by atoms with Crippen LogP contribution in [0.25, 0.3) is 0 Å². The molecule has 3 unspecified atom stereocenters. The molecule has 1 saturated heterocycles. The maximum atomic E-state index is 10.5. The van der Waals surface area contributed by atoms with Gasteiger partial charge in [-0.05, 0) is 29.7 Å². The lowest BCUT2D eigenvalue weighted by molar-refractivity contribution is -0.0616. The van der Waals surface area contributed by atoms with Crippen LogP contribution in [0.2, 0.25) is 0 Å². The second-order valence-corrected chi connectivity index (χ2v) is 7.88. The van der Waals surface area contributed by atoms with Crippen LogP contribution in [0.15, 0.2) is 59.1 Å². The molecular weight excluding hydrogens is 442 g/mol. The van der Waals surface area contributed by atoms with E-state index in [1.165, 1.54) is 5.56 Å². The molecule has 0 radical (unpaired) electrons. The fourth-order valence-electron chi connectivity index (χ4n) is 3.44. The van der Waals surface area contributed by atoms with Crippen LogP contribution in [0.3, 0.4) is 0 Å². The van der Waals surface area contributed by atoms with Gasteiger partial charge in [-0.1, -0.05) is 65.3 Å². The maximum absolute atomic E-state index is 10.5. The van der Waals surface area contributed by atoms with Gasteiger partial charge >= 0.3 is 0 Å². The van der Waals surface area contributed by atoms with E-state index >= 15 is 0 Å². The maximum Gasteiger partial charge on any atom is 0.0952 e. The van der Waals surface area contributed by atoms with Gasteiger partial charge in [0.2, 0.25) is 0 Å². The highest BCUT2D eigenvalue weighted by molar-refractivity contribution is 9.10. The molecule has 0 saturated carbocycles. The fourth-order valence-corrected chi connectivity index (χ4v) is 3.71. The molecule has 6 heteroatoms. The second-order valence-electron chi connectivity index (χ2n) is 6.97. The lowest BCUT2D eigenvalue weighted by Crippen LogP contribution is -2.43. The summed E-state index contributed by atoms with van der Waals surface area (Å²) >= 11 is 3.47. The summed E-state index contributed by atoms with van der Waals surface area (Å²) in [4.78, 5) is 2.26. The largest absolute Gasteiger partial charge is 0.389 e. The van der Waals surface area contributed by atoms with Gasteiger partial charge in [0.25, 0.3) is 0 Å². The Labute approximate surface area is 182 Å². The number of aliphatic hydroxyl groups is 1. The van der Waals surface area contributed by atoms with Gasteiger partial charge in [0.05, 0.1) is 31.5 Å². The summed E-state index contributed by atoms with van der Waals surface area (Å²) in [6.45, 7) is 5.34. The summed E-state index contributed by atoms with van der Waals surface area (Å²) in [5.74, 6) is 0. The molecule has 0 bridgehead atoms. The van der Waals surface area contributed by atoms with Crippen molar-refractivity contribution < 1.29 is 14.6 Å². The molecule has 3 atom stereocenters. The van der Waals surface area contributed by atoms with E-state index in [1.807, 2.05) is 30.3 Å². The number of aliphatic hydroxyl groups excluding tert-OH is 1. The third kappa shape index (κ3) is 6.83. The number of benzene rings is 2. The fraction of sp³-hybridized carbons (Fsp3) is 0.455. The first-order valence-corrected chi connectivity index (χ1v) is 10.4. The predicted molar refractivity (Wildman–Crippen MR) is 118 cm³/mol. The number of ether oxygens (including phenoxy) is 2.